The van der Waals surface area contributed by atoms with Crippen molar-refractivity contribution in [2.24, 2.45) is 0 Å². The van der Waals surface area contributed by atoms with E-state index in [4.69, 9.17) is 32.7 Å². The number of hydrogen-bond acceptors (Lipinski definition) is 4. The molecular weight excluding hydrogens is 413 g/mol. The lowest BCUT2D eigenvalue weighted by atomic mass is 10.1. The average molecular weight is 438 g/mol. The van der Waals surface area contributed by atoms with Gasteiger partial charge in [-0.05, 0) is 55.7 Å². The summed E-state index contributed by atoms with van der Waals surface area (Å²) in [5, 5.41) is 3.19. The smallest absolute Gasteiger partial charge is 0.292 e. The van der Waals surface area contributed by atoms with E-state index < -0.39 is 11.7 Å². The Morgan fingerprint density at radius 2 is 1.83 bits per heavy atom. The zero-order valence-electron chi connectivity index (χ0n) is 16.8. The lowest BCUT2D eigenvalue weighted by Gasteiger charge is -2.17. The molecule has 0 heterocycles. The molecule has 0 fully saturated rings. The molecule has 156 valence electrons. The highest BCUT2D eigenvalue weighted by molar-refractivity contribution is 6.45. The Morgan fingerprint density at radius 3 is 2.48 bits per heavy atom. The summed E-state index contributed by atoms with van der Waals surface area (Å²) in [4.78, 5) is 24.3. The highest BCUT2D eigenvalue weighted by Crippen LogP contribution is 2.29. The van der Waals surface area contributed by atoms with Crippen LogP contribution >= 0.6 is 23.2 Å². The molecule has 0 radical (unpaired) electrons. The molecule has 5 nitrogen and oxygen atoms in total. The topological polar surface area (TPSA) is 64.6 Å². The van der Waals surface area contributed by atoms with Crippen molar-refractivity contribution < 1.29 is 19.1 Å². The minimum atomic E-state index is -0.691. The predicted octanol–water partition coefficient (Wildman–Crippen LogP) is 5.11. The highest BCUT2D eigenvalue weighted by atomic mass is 35.5. The van der Waals surface area contributed by atoms with Crippen LogP contribution in [0.25, 0.3) is 0 Å². The number of benzene rings is 2. The Bertz CT molecular complexity index is 870. The normalized spacial score (nSPS) is 11.6. The van der Waals surface area contributed by atoms with Crippen molar-refractivity contribution in [2.45, 2.75) is 39.2 Å². The first-order valence-electron chi connectivity index (χ1n) is 9.46. The van der Waals surface area contributed by atoms with Gasteiger partial charge in [0.2, 0.25) is 5.78 Å². The zero-order valence-corrected chi connectivity index (χ0v) is 18.3. The van der Waals surface area contributed by atoms with E-state index in [2.05, 4.69) is 12.2 Å². The van der Waals surface area contributed by atoms with Gasteiger partial charge in [0.25, 0.3) is 5.91 Å². The zero-order chi connectivity index (χ0) is 21.4. The van der Waals surface area contributed by atoms with Crippen LogP contribution in [-0.4, -0.2) is 31.4 Å². The summed E-state index contributed by atoms with van der Waals surface area (Å²) in [5.41, 5.74) is 1.15. The van der Waals surface area contributed by atoms with Gasteiger partial charge < -0.3 is 14.8 Å². The number of amides is 1. The first kappa shape index (κ1) is 23.0. The van der Waals surface area contributed by atoms with E-state index in [1.807, 2.05) is 25.1 Å². The molecule has 0 aliphatic carbocycles. The van der Waals surface area contributed by atoms with Gasteiger partial charge in [-0.2, -0.15) is 0 Å². The average Bonchev–Trinajstić information content (AvgIpc) is 2.70. The fraction of sp³-hybridized carbons (Fsp3) is 0.364. The molecule has 0 bridgehead atoms. The second-order valence-corrected chi connectivity index (χ2v) is 7.48. The van der Waals surface area contributed by atoms with Gasteiger partial charge in [-0.1, -0.05) is 42.6 Å². The van der Waals surface area contributed by atoms with Crippen molar-refractivity contribution in [1.29, 1.82) is 0 Å². The van der Waals surface area contributed by atoms with E-state index >= 15 is 0 Å². The number of halogens is 2. The number of ether oxygens (including phenoxy) is 2. The Morgan fingerprint density at radius 1 is 1.07 bits per heavy atom. The van der Waals surface area contributed by atoms with Crippen LogP contribution in [0, 0.1) is 0 Å². The minimum Gasteiger partial charge on any atom is -0.493 e. The number of carbonyl (C=O) groups is 2. The summed E-state index contributed by atoms with van der Waals surface area (Å²) in [6.45, 7) is 4.44. The maximum atomic E-state index is 12.2. The number of carbonyl (C=O) groups excluding carboxylic acids is 2. The summed E-state index contributed by atoms with van der Waals surface area (Å²) >= 11 is 11.7. The molecule has 1 amide bonds. The lowest BCUT2D eigenvalue weighted by molar-refractivity contribution is -0.116. The fourth-order valence-electron chi connectivity index (χ4n) is 2.82. The number of hydrogen-bond donors (Lipinski definition) is 1. The van der Waals surface area contributed by atoms with Crippen molar-refractivity contribution in [3.63, 3.8) is 0 Å². The number of methoxy groups -OCH3 is 1. The number of Topliss-reactive ketones (excluding diaryl/α,β-unsaturated/α-hetero) is 1. The maximum absolute atomic E-state index is 12.2. The van der Waals surface area contributed by atoms with Gasteiger partial charge in [-0.3, -0.25) is 9.59 Å². The van der Waals surface area contributed by atoms with Crippen LogP contribution in [0.15, 0.2) is 36.4 Å². The number of nitrogens with one attached hydrogen (secondary N) is 1. The summed E-state index contributed by atoms with van der Waals surface area (Å²) in [6.07, 6.45) is 2.65. The molecule has 1 N–H and O–H groups in total. The second kappa shape index (κ2) is 11.1. The van der Waals surface area contributed by atoms with Crippen LogP contribution in [0.3, 0.4) is 0 Å². The van der Waals surface area contributed by atoms with E-state index in [0.717, 1.165) is 18.4 Å². The van der Waals surface area contributed by atoms with Crippen molar-refractivity contribution in [3.8, 4) is 11.5 Å². The second-order valence-electron chi connectivity index (χ2n) is 6.67. The fourth-order valence-corrected chi connectivity index (χ4v) is 3.11. The standard InChI is InChI=1S/C22H25Cl2NO4/c1-4-5-14(2)29-19-9-6-15(12-20(19)28-3)10-11-25-22(27)21(26)16-7-8-17(23)18(24)13-16/h6-9,12-14H,4-5,10-11H2,1-3H3,(H,25,27). The van der Waals surface area contributed by atoms with Crippen LogP contribution in [-0.2, 0) is 11.2 Å². The molecule has 2 aromatic rings. The third-order valence-corrected chi connectivity index (χ3v) is 5.08. The number of ketones is 1. The lowest BCUT2D eigenvalue weighted by Crippen LogP contribution is -2.32. The summed E-state index contributed by atoms with van der Waals surface area (Å²) in [5.74, 6) is -0.0156. The van der Waals surface area contributed by atoms with Crippen molar-refractivity contribution in [3.05, 3.63) is 57.6 Å². The third kappa shape index (κ3) is 6.65. The van der Waals surface area contributed by atoms with Crippen molar-refractivity contribution in [1.82, 2.24) is 5.32 Å². The van der Waals surface area contributed by atoms with Gasteiger partial charge in [0.15, 0.2) is 11.5 Å². The number of rotatable bonds is 10. The quantitative estimate of drug-likeness (QED) is 0.414. The monoisotopic (exact) mass is 437 g/mol. The molecule has 0 aliphatic rings. The molecule has 2 aromatic carbocycles. The molecule has 1 atom stereocenters. The molecule has 7 heteroatoms. The first-order chi connectivity index (χ1) is 13.8. The molecule has 0 spiro atoms. The first-order valence-corrected chi connectivity index (χ1v) is 10.2. The van der Waals surface area contributed by atoms with Gasteiger partial charge in [0.1, 0.15) is 0 Å². The van der Waals surface area contributed by atoms with E-state index in [9.17, 15) is 9.59 Å². The molecule has 0 aromatic heterocycles. The van der Waals surface area contributed by atoms with Crippen LogP contribution in [0.2, 0.25) is 10.0 Å². The third-order valence-electron chi connectivity index (χ3n) is 4.34. The van der Waals surface area contributed by atoms with Gasteiger partial charge in [-0.15, -0.1) is 0 Å². The SMILES string of the molecule is CCCC(C)Oc1ccc(CCNC(=O)C(=O)c2ccc(Cl)c(Cl)c2)cc1OC. The van der Waals surface area contributed by atoms with Gasteiger partial charge in [0, 0.05) is 12.1 Å². The maximum Gasteiger partial charge on any atom is 0.292 e. The van der Waals surface area contributed by atoms with E-state index in [1.165, 1.54) is 18.2 Å². The molecular formula is C22H25Cl2NO4. The van der Waals surface area contributed by atoms with Crippen molar-refractivity contribution in [2.75, 3.05) is 13.7 Å². The molecule has 0 saturated carbocycles. The molecule has 29 heavy (non-hydrogen) atoms. The summed E-state index contributed by atoms with van der Waals surface area (Å²) < 4.78 is 11.3. The Hall–Kier alpha value is -2.24. The highest BCUT2D eigenvalue weighted by Gasteiger charge is 2.17. The largest absolute Gasteiger partial charge is 0.493 e. The molecule has 1 unspecified atom stereocenters. The Labute approximate surface area is 181 Å². The van der Waals surface area contributed by atoms with Gasteiger partial charge in [0.05, 0.1) is 23.3 Å². The predicted molar refractivity (Wildman–Crippen MR) is 115 cm³/mol. The van der Waals surface area contributed by atoms with Gasteiger partial charge >= 0.3 is 0 Å². The van der Waals surface area contributed by atoms with Crippen LogP contribution < -0.4 is 14.8 Å². The summed E-state index contributed by atoms with van der Waals surface area (Å²) in [7, 11) is 1.59. The van der Waals surface area contributed by atoms with Gasteiger partial charge in [-0.25, -0.2) is 0 Å². The Kier molecular flexibility index (Phi) is 8.80. The summed E-state index contributed by atoms with van der Waals surface area (Å²) in [6, 6.07) is 10.0. The van der Waals surface area contributed by atoms with Crippen LogP contribution in [0.1, 0.15) is 42.6 Å². The van der Waals surface area contributed by atoms with Crippen LogP contribution in [0.4, 0.5) is 0 Å². The molecule has 0 saturated heterocycles. The molecule has 2 rings (SSSR count). The minimum absolute atomic E-state index is 0.103. The van der Waals surface area contributed by atoms with E-state index in [1.54, 1.807) is 7.11 Å². The van der Waals surface area contributed by atoms with Crippen molar-refractivity contribution >= 4 is 34.9 Å². The molecule has 0 aliphatic heterocycles. The van der Waals surface area contributed by atoms with Crippen LogP contribution in [0.5, 0.6) is 11.5 Å². The van der Waals surface area contributed by atoms with E-state index in [0.29, 0.717) is 29.5 Å². The Balaban J connectivity index is 1.93. The van der Waals surface area contributed by atoms with E-state index in [-0.39, 0.29) is 16.7 Å².